The molecule has 0 bridgehead atoms. The summed E-state index contributed by atoms with van der Waals surface area (Å²) in [4.78, 5) is 136. The summed E-state index contributed by atoms with van der Waals surface area (Å²) >= 11 is 0. The van der Waals surface area contributed by atoms with Gasteiger partial charge in [-0.25, -0.2) is 18.4 Å². The van der Waals surface area contributed by atoms with E-state index >= 15 is 8.78 Å². The molecule has 6 aliphatic rings. The third-order valence-electron chi connectivity index (χ3n) is 23.3. The molecule has 12 N–H and O–H groups in total. The average molecular weight is 1730 g/mol. The van der Waals surface area contributed by atoms with Crippen molar-refractivity contribution in [3.8, 4) is 17.6 Å². The largest absolute Gasteiger partial charge is 0.486 e. The van der Waals surface area contributed by atoms with Crippen molar-refractivity contribution in [2.45, 2.75) is 179 Å². The van der Waals surface area contributed by atoms with Gasteiger partial charge in [-0.3, -0.25) is 48.2 Å². The Hall–Kier alpha value is -10.6. The van der Waals surface area contributed by atoms with Crippen LogP contribution in [-0.4, -0.2) is 216 Å². The topological polar surface area (TPSA) is 445 Å². The number of nitrogens with one attached hydrogen (secondary N) is 8. The van der Waals surface area contributed by atoms with Crippen LogP contribution in [0.15, 0.2) is 133 Å². The number of anilines is 3. The van der Waals surface area contributed by atoms with E-state index in [-0.39, 0.29) is 159 Å². The Morgan fingerprint density at radius 3 is 2.02 bits per heavy atom. The van der Waals surface area contributed by atoms with E-state index in [4.69, 9.17) is 48.2 Å². The number of amides is 10. The number of nitrogens with two attached hydrogens (primary N) is 1. The minimum absolute atomic E-state index is 0.00132. The van der Waals surface area contributed by atoms with E-state index in [0.717, 1.165) is 16.7 Å². The lowest BCUT2D eigenvalue weighted by atomic mass is 9.44. The number of aliphatic hydroxyl groups excluding tert-OH is 1. The molecule has 123 heavy (non-hydrogen) atoms. The first-order valence-corrected chi connectivity index (χ1v) is 43.1. The maximum atomic E-state index is 18.1. The number of Topliss-reactive ketones (excluding diaryl/α,β-unsaturated/α-hetero) is 1. The molecule has 32 nitrogen and oxygen atoms in total. The Balaban J connectivity index is 0.635. The van der Waals surface area contributed by atoms with Gasteiger partial charge in [-0.1, -0.05) is 113 Å². The highest BCUT2D eigenvalue weighted by Gasteiger charge is 2.80. The number of rotatable bonds is 45. The van der Waals surface area contributed by atoms with Gasteiger partial charge in [0.25, 0.3) is 10.1 Å². The molecule has 10 rings (SSSR count). The minimum Gasteiger partial charge on any atom is -0.486 e. The normalized spacial score (nSPS) is 23.4. The zero-order chi connectivity index (χ0) is 88.7. The number of hydrogen-bond donors (Lipinski definition) is 11. The summed E-state index contributed by atoms with van der Waals surface area (Å²) < 4.78 is 113. The van der Waals surface area contributed by atoms with Crippen LogP contribution in [-0.2, 0) is 94.8 Å². The molecule has 35 heteroatoms. The molecule has 1 saturated heterocycles. The van der Waals surface area contributed by atoms with E-state index in [2.05, 4.69) is 61.0 Å². The number of nitrogens with zero attached hydrogens (tertiary/aromatic N) is 1. The molecule has 2 aliphatic heterocycles. The third-order valence-corrected chi connectivity index (χ3v) is 24.0. The van der Waals surface area contributed by atoms with Crippen LogP contribution >= 0.6 is 0 Å². The number of aliphatic hydroxyl groups is 1. The van der Waals surface area contributed by atoms with Crippen LogP contribution in [0.1, 0.15) is 134 Å². The number of primary amides is 1. The predicted molar refractivity (Wildman–Crippen MR) is 448 cm³/mol. The van der Waals surface area contributed by atoms with Crippen LogP contribution in [0.2, 0.25) is 0 Å². The maximum absolute atomic E-state index is 18.1. The summed E-state index contributed by atoms with van der Waals surface area (Å²) in [5, 5.41) is 32.8. The van der Waals surface area contributed by atoms with Crippen molar-refractivity contribution >= 4 is 86.4 Å². The highest BCUT2D eigenvalue weighted by Crippen LogP contribution is 2.72. The van der Waals surface area contributed by atoms with E-state index in [9.17, 15) is 61.5 Å². The first-order valence-electron chi connectivity index (χ1n) is 41.5. The number of urea groups is 1. The standard InChI is InChI=1S/C88H112F2N10O22S/c1-7-13-78-121-73-50-64-65-49-67(89)66-48-56(4)33-35-85(66,5)87(65,90)71(101)51-86(64,6)88(73,122-78)72(102)54-119-63-27-25-62(26-28-63)96-84(111)120-53-57-19-23-61(24-20-57)95-80(107)68(17-12-36-94-83(91)110)98-82(109)79(55(2)3)99-81(108)69(29-30-74(103)93-38-47-123(112,113)114)97-76(105)34-39-115-41-43-117-45-46-118-44-42-116-40-37-92-75(104)31-32-77(106)100-52-60-16-9-8-14-58(60)21-22-59-15-10-11-18-70(59)100/h8-11,14-16,18-20,23-28,33,35,48,55,64-65,67-69,71,73,78-79,101H,4,7,12-13,17,29-32,34,36-47,49-54H2,1-3,5-6H3,(H,92,104)(H,93,103)(H,95,107)(H,96,111)(H,97,105)(H,98,109)(H,99,108)(H3,91,94,110)(H,112,113,114)/t64-,65-,67-,68-,69+,71-,73+,78?,79-,85-,86-,87-,88+/m0/s1. The first kappa shape index (κ1) is 94.7. The number of fused-ring (bicyclic) bond motifs is 9. The molecule has 0 spiro atoms. The van der Waals surface area contributed by atoms with Crippen molar-refractivity contribution < 1.29 is 113 Å². The summed E-state index contributed by atoms with van der Waals surface area (Å²) in [6.07, 6.45) is -0.624. The molecule has 666 valence electrons. The molecule has 4 fully saturated rings. The number of allylic oxidation sites excluding steroid dienone is 5. The van der Waals surface area contributed by atoms with E-state index in [0.29, 0.717) is 41.9 Å². The second kappa shape index (κ2) is 43.7. The van der Waals surface area contributed by atoms with E-state index in [1.807, 2.05) is 62.4 Å². The zero-order valence-corrected chi connectivity index (χ0v) is 70.6. The number of carbonyl (C=O) groups is 10. The van der Waals surface area contributed by atoms with Gasteiger partial charge in [-0.2, -0.15) is 8.42 Å². The molecular formula is C88H112F2N10O22S. The van der Waals surface area contributed by atoms with E-state index < -0.39 is 166 Å². The van der Waals surface area contributed by atoms with Gasteiger partial charge in [0.15, 0.2) is 17.6 Å². The molecule has 2 heterocycles. The van der Waals surface area contributed by atoms with Crippen molar-refractivity contribution in [1.82, 2.24) is 31.9 Å². The minimum atomic E-state index is -4.43. The van der Waals surface area contributed by atoms with Crippen LogP contribution in [0.5, 0.6) is 5.75 Å². The number of ether oxygens (including phenoxy) is 8. The molecule has 4 aliphatic carbocycles. The Morgan fingerprint density at radius 2 is 1.33 bits per heavy atom. The van der Waals surface area contributed by atoms with Crippen molar-refractivity contribution in [3.05, 3.63) is 155 Å². The number of alkyl halides is 2. The fourth-order valence-corrected chi connectivity index (χ4v) is 17.3. The third kappa shape index (κ3) is 24.5. The molecule has 4 aromatic rings. The number of benzene rings is 4. The van der Waals surface area contributed by atoms with Crippen LogP contribution in [0, 0.1) is 40.4 Å². The van der Waals surface area contributed by atoms with Gasteiger partial charge in [-0.05, 0) is 141 Å². The van der Waals surface area contributed by atoms with Gasteiger partial charge in [0.2, 0.25) is 47.1 Å². The summed E-state index contributed by atoms with van der Waals surface area (Å²) in [5.74, 6) is -1.21. The summed E-state index contributed by atoms with van der Waals surface area (Å²) in [5.41, 5.74) is 3.73. The van der Waals surface area contributed by atoms with Gasteiger partial charge in [-0.15, -0.1) is 0 Å². The molecular weight excluding hydrogens is 1620 g/mol. The van der Waals surface area contributed by atoms with Gasteiger partial charge >= 0.3 is 12.1 Å². The number of ketones is 1. The predicted octanol–water partition coefficient (Wildman–Crippen LogP) is 7.16. The molecule has 10 amide bonds. The monoisotopic (exact) mass is 1730 g/mol. The molecule has 4 aromatic carbocycles. The van der Waals surface area contributed by atoms with Crippen molar-refractivity contribution in [1.29, 1.82) is 0 Å². The summed E-state index contributed by atoms with van der Waals surface area (Å²) in [6, 6.07) is 22.5. The highest BCUT2D eigenvalue weighted by molar-refractivity contribution is 7.85. The quantitative estimate of drug-likeness (QED) is 0.0119. The summed E-state index contributed by atoms with van der Waals surface area (Å²) in [6.45, 7) is 13.2. The SMILES string of the molecule is C=C1C=C[C@@]2(C)C(=C1)[C@@H](F)C[C@H]1[C@@H]3C[C@H]4OC(CCC)O[C@@]4(C(=O)COc4ccc(NC(=O)OCc5ccc(NC(=O)[C@H](CCCNC(N)=O)NC(=O)[C@@H](NC(=O)[C@@H](CCC(=O)NCCS(=O)(=O)O)NC(=O)CCOCCOCCOCCOCCNC(=O)CCC(=O)N6Cc7ccccc7C#Cc7ccccc76)C(C)C)cc5)cc4)[C@@]3(C)C[C@H](O)[C@@]12F. The lowest BCUT2D eigenvalue weighted by Gasteiger charge is -2.63. The Kier molecular flexibility index (Phi) is 33.6. The lowest BCUT2D eigenvalue weighted by molar-refractivity contribution is -0.234. The van der Waals surface area contributed by atoms with E-state index in [1.54, 1.807) is 56.0 Å². The number of halogens is 2. The summed E-state index contributed by atoms with van der Waals surface area (Å²) in [7, 11) is -4.43. The molecule has 0 aromatic heterocycles. The Morgan fingerprint density at radius 1 is 0.699 bits per heavy atom. The van der Waals surface area contributed by atoms with Gasteiger partial charge in [0.1, 0.15) is 43.3 Å². The number of hydrogen-bond acceptors (Lipinski definition) is 21. The number of carbonyl (C=O) groups excluding carboxylic acids is 10. The smallest absolute Gasteiger partial charge is 0.411 e. The lowest BCUT2D eigenvalue weighted by Crippen LogP contribution is -2.70. The zero-order valence-electron chi connectivity index (χ0n) is 69.8. The Bertz CT molecular complexity index is 4700. The second-order valence-electron chi connectivity index (χ2n) is 32.1. The molecule has 0 radical (unpaired) electrons. The van der Waals surface area contributed by atoms with Gasteiger partial charge in [0, 0.05) is 84.6 Å². The van der Waals surface area contributed by atoms with Crippen LogP contribution < -0.4 is 57.9 Å². The maximum Gasteiger partial charge on any atom is 0.411 e. The molecule has 3 saturated carbocycles. The first-order chi connectivity index (χ1) is 58.7. The van der Waals surface area contributed by atoms with Crippen molar-refractivity contribution in [2.24, 2.45) is 34.3 Å². The van der Waals surface area contributed by atoms with Gasteiger partial charge < -0.3 is 90.9 Å². The van der Waals surface area contributed by atoms with Crippen LogP contribution in [0.3, 0.4) is 0 Å². The van der Waals surface area contributed by atoms with Crippen molar-refractivity contribution in [2.75, 3.05) is 100 Å². The Labute approximate surface area is 714 Å². The van der Waals surface area contributed by atoms with Crippen LogP contribution in [0.4, 0.5) is 35.4 Å². The van der Waals surface area contributed by atoms with Crippen LogP contribution in [0.25, 0.3) is 0 Å². The average Bonchev–Trinajstić information content (AvgIpc) is 1.60. The van der Waals surface area contributed by atoms with E-state index in [1.165, 1.54) is 36.4 Å². The van der Waals surface area contributed by atoms with Gasteiger partial charge in [0.05, 0.1) is 83.0 Å². The van der Waals surface area contributed by atoms with Crippen molar-refractivity contribution in [3.63, 3.8) is 0 Å². The molecule has 1 unspecified atom stereocenters. The fourth-order valence-electron chi connectivity index (χ4n) is 17.0. The molecule has 13 atom stereocenters. The number of para-hydroxylation sites is 1. The second-order valence-corrected chi connectivity index (χ2v) is 33.6. The highest BCUT2D eigenvalue weighted by atomic mass is 32.2. The fraction of sp³-hybridized carbons (Fsp3) is 0.523.